The summed E-state index contributed by atoms with van der Waals surface area (Å²) in [6.07, 6.45) is 1.70. The molecule has 7 heteroatoms. The van der Waals surface area contributed by atoms with Crippen molar-refractivity contribution >= 4 is 6.01 Å². The third-order valence-electron chi connectivity index (χ3n) is 1.46. The van der Waals surface area contributed by atoms with Crippen LogP contribution in [-0.2, 0) is 7.05 Å². The molecular weight excluding hydrogens is 172 g/mol. The van der Waals surface area contributed by atoms with Crippen LogP contribution in [0.25, 0.3) is 11.6 Å². The fourth-order valence-electron chi connectivity index (χ4n) is 0.873. The molecular formula is C6H8N6O. The van der Waals surface area contributed by atoms with Crippen LogP contribution < -0.4 is 5.32 Å². The van der Waals surface area contributed by atoms with E-state index in [0.29, 0.717) is 17.6 Å². The van der Waals surface area contributed by atoms with Crippen LogP contribution in [0, 0.1) is 0 Å². The minimum Gasteiger partial charge on any atom is -0.402 e. The second kappa shape index (κ2) is 2.85. The summed E-state index contributed by atoms with van der Waals surface area (Å²) >= 11 is 0. The van der Waals surface area contributed by atoms with Crippen molar-refractivity contribution in [3.63, 3.8) is 0 Å². The minimum absolute atomic E-state index is 0.359. The van der Waals surface area contributed by atoms with E-state index >= 15 is 0 Å². The largest absolute Gasteiger partial charge is 0.402 e. The Morgan fingerprint density at radius 3 is 2.77 bits per heavy atom. The lowest BCUT2D eigenvalue weighted by Crippen LogP contribution is -1.85. The average molecular weight is 180 g/mol. The van der Waals surface area contributed by atoms with Gasteiger partial charge in [-0.1, -0.05) is 10.3 Å². The Balaban J connectivity index is 2.35. The molecule has 68 valence electrons. The van der Waals surface area contributed by atoms with Crippen LogP contribution in [0.1, 0.15) is 0 Å². The lowest BCUT2D eigenvalue weighted by atomic mass is 10.5. The van der Waals surface area contributed by atoms with Crippen molar-refractivity contribution in [2.24, 2.45) is 7.05 Å². The van der Waals surface area contributed by atoms with Crippen LogP contribution in [0.4, 0.5) is 6.01 Å². The van der Waals surface area contributed by atoms with Gasteiger partial charge in [-0.3, -0.25) is 4.68 Å². The van der Waals surface area contributed by atoms with Gasteiger partial charge in [-0.25, -0.2) is 0 Å². The van der Waals surface area contributed by atoms with Gasteiger partial charge in [0.15, 0.2) is 5.69 Å². The van der Waals surface area contributed by atoms with Crippen LogP contribution in [-0.4, -0.2) is 32.2 Å². The second-order valence-corrected chi connectivity index (χ2v) is 2.44. The number of hydrogen-bond acceptors (Lipinski definition) is 6. The van der Waals surface area contributed by atoms with Gasteiger partial charge < -0.3 is 9.73 Å². The molecule has 0 radical (unpaired) electrons. The number of nitrogens with zero attached hydrogens (tertiary/aromatic N) is 5. The third-order valence-corrected chi connectivity index (χ3v) is 1.46. The van der Waals surface area contributed by atoms with E-state index in [1.807, 2.05) is 0 Å². The molecule has 2 heterocycles. The number of hydrogen-bond donors (Lipinski definition) is 1. The molecule has 1 N–H and O–H groups in total. The molecule has 2 aromatic heterocycles. The molecule has 7 nitrogen and oxygen atoms in total. The molecule has 0 amide bonds. The van der Waals surface area contributed by atoms with E-state index in [2.05, 4.69) is 25.8 Å². The van der Waals surface area contributed by atoms with Gasteiger partial charge in [0.2, 0.25) is 0 Å². The quantitative estimate of drug-likeness (QED) is 0.695. The predicted octanol–water partition coefficient (Wildman–Crippen LogP) is -0.0932. The van der Waals surface area contributed by atoms with Gasteiger partial charge in [0, 0.05) is 14.1 Å². The molecule has 0 aromatic carbocycles. The highest BCUT2D eigenvalue weighted by Gasteiger charge is 2.10. The number of aryl methyl sites for hydroxylation is 1. The first-order valence-corrected chi connectivity index (χ1v) is 3.67. The van der Waals surface area contributed by atoms with E-state index < -0.39 is 0 Å². The number of anilines is 1. The zero-order valence-electron chi connectivity index (χ0n) is 7.22. The van der Waals surface area contributed by atoms with Gasteiger partial charge in [-0.2, -0.15) is 0 Å². The topological polar surface area (TPSA) is 81.7 Å². The fourth-order valence-corrected chi connectivity index (χ4v) is 0.873. The number of aromatic nitrogens is 5. The van der Waals surface area contributed by atoms with Crippen LogP contribution in [0.15, 0.2) is 10.6 Å². The van der Waals surface area contributed by atoms with Gasteiger partial charge in [0.05, 0.1) is 6.20 Å². The summed E-state index contributed by atoms with van der Waals surface area (Å²) in [4.78, 5) is 0. The molecule has 0 unspecified atom stereocenters. The molecule has 0 aliphatic heterocycles. The minimum atomic E-state index is 0.359. The number of nitrogens with one attached hydrogen (secondary N) is 1. The van der Waals surface area contributed by atoms with Crippen molar-refractivity contribution < 1.29 is 4.42 Å². The maximum atomic E-state index is 5.18. The van der Waals surface area contributed by atoms with Crippen molar-refractivity contribution in [1.82, 2.24) is 25.2 Å². The van der Waals surface area contributed by atoms with Gasteiger partial charge in [-0.15, -0.1) is 10.2 Å². The molecule has 0 fully saturated rings. The predicted molar refractivity (Wildman–Crippen MR) is 43.8 cm³/mol. The zero-order chi connectivity index (χ0) is 9.26. The Morgan fingerprint density at radius 1 is 1.38 bits per heavy atom. The van der Waals surface area contributed by atoms with Crippen LogP contribution in [0.2, 0.25) is 0 Å². The molecule has 0 aliphatic carbocycles. The van der Waals surface area contributed by atoms with Crippen molar-refractivity contribution in [2.45, 2.75) is 0 Å². The van der Waals surface area contributed by atoms with Crippen LogP contribution in [0.3, 0.4) is 0 Å². The third kappa shape index (κ3) is 1.35. The van der Waals surface area contributed by atoms with Crippen molar-refractivity contribution in [3.05, 3.63) is 6.20 Å². The Kier molecular flexibility index (Phi) is 1.69. The second-order valence-electron chi connectivity index (χ2n) is 2.44. The summed E-state index contributed by atoms with van der Waals surface area (Å²) in [7, 11) is 3.47. The van der Waals surface area contributed by atoms with Crippen LogP contribution >= 0.6 is 0 Å². The summed E-state index contributed by atoms with van der Waals surface area (Å²) in [5.74, 6) is 0.359. The van der Waals surface area contributed by atoms with E-state index in [4.69, 9.17) is 4.42 Å². The Hall–Kier alpha value is -1.92. The van der Waals surface area contributed by atoms with E-state index in [0.717, 1.165) is 0 Å². The first kappa shape index (κ1) is 7.71. The Morgan fingerprint density at radius 2 is 2.23 bits per heavy atom. The summed E-state index contributed by atoms with van der Waals surface area (Å²) < 4.78 is 6.75. The average Bonchev–Trinajstić information content (AvgIpc) is 2.71. The van der Waals surface area contributed by atoms with Crippen molar-refractivity contribution in [1.29, 1.82) is 0 Å². The molecule has 2 rings (SSSR count). The first-order valence-electron chi connectivity index (χ1n) is 3.67. The normalized spacial score (nSPS) is 10.3. The Bertz CT molecular complexity index is 405. The fraction of sp³-hybridized carbons (Fsp3) is 0.333. The highest BCUT2D eigenvalue weighted by Crippen LogP contribution is 2.15. The zero-order valence-corrected chi connectivity index (χ0v) is 7.22. The smallest absolute Gasteiger partial charge is 0.315 e. The molecule has 13 heavy (non-hydrogen) atoms. The van der Waals surface area contributed by atoms with Gasteiger partial charge in [0.25, 0.3) is 5.89 Å². The van der Waals surface area contributed by atoms with Gasteiger partial charge >= 0.3 is 6.01 Å². The standard InChI is InChI=1S/C6H8N6O/c1-7-6-10-9-5(13-6)4-3-12(2)11-8-4/h3H,1-2H3,(H,7,10). The molecule has 0 spiro atoms. The van der Waals surface area contributed by atoms with E-state index in [-0.39, 0.29) is 0 Å². The summed E-state index contributed by atoms with van der Waals surface area (Å²) in [5, 5.41) is 17.8. The van der Waals surface area contributed by atoms with E-state index in [1.54, 1.807) is 25.0 Å². The highest BCUT2D eigenvalue weighted by molar-refractivity contribution is 5.44. The van der Waals surface area contributed by atoms with Crippen molar-refractivity contribution in [3.8, 4) is 11.6 Å². The monoisotopic (exact) mass is 180 g/mol. The first-order chi connectivity index (χ1) is 6.29. The summed E-state index contributed by atoms with van der Waals surface area (Å²) in [5.41, 5.74) is 0.566. The lowest BCUT2D eigenvalue weighted by molar-refractivity contribution is 0.582. The van der Waals surface area contributed by atoms with Gasteiger partial charge in [0.1, 0.15) is 0 Å². The molecule has 0 aliphatic rings. The van der Waals surface area contributed by atoms with Crippen LogP contribution in [0.5, 0.6) is 0 Å². The summed E-state index contributed by atoms with van der Waals surface area (Å²) in [6.45, 7) is 0. The molecule has 0 saturated heterocycles. The van der Waals surface area contributed by atoms with E-state index in [9.17, 15) is 0 Å². The lowest BCUT2D eigenvalue weighted by Gasteiger charge is -1.85. The molecule has 2 aromatic rings. The van der Waals surface area contributed by atoms with Crippen molar-refractivity contribution in [2.75, 3.05) is 12.4 Å². The maximum absolute atomic E-state index is 5.18. The Labute approximate surface area is 73.8 Å². The maximum Gasteiger partial charge on any atom is 0.315 e. The SMILES string of the molecule is CNc1nnc(-c2cn(C)nn2)o1. The number of rotatable bonds is 2. The van der Waals surface area contributed by atoms with Gasteiger partial charge in [-0.05, 0) is 0 Å². The summed E-state index contributed by atoms with van der Waals surface area (Å²) in [6, 6.07) is 0.362. The highest BCUT2D eigenvalue weighted by atomic mass is 16.4. The molecule has 0 saturated carbocycles. The van der Waals surface area contributed by atoms with E-state index in [1.165, 1.54) is 0 Å². The molecule has 0 bridgehead atoms. The molecule has 0 atom stereocenters.